The van der Waals surface area contributed by atoms with Crippen LogP contribution in [0, 0.1) is 5.82 Å². The normalized spacial score (nSPS) is 16.8. The van der Waals surface area contributed by atoms with Gasteiger partial charge in [-0.3, -0.25) is 4.79 Å². The number of carbonyl (C=O) groups is 1. The van der Waals surface area contributed by atoms with E-state index >= 15 is 0 Å². The third-order valence-corrected chi connectivity index (χ3v) is 4.81. The Labute approximate surface area is 159 Å². The number of carbonyl (C=O) groups excluding carboxylic acids is 1. The molecule has 8 heteroatoms. The summed E-state index contributed by atoms with van der Waals surface area (Å²) in [6.07, 6.45) is 0.206. The summed E-state index contributed by atoms with van der Waals surface area (Å²) in [5.41, 5.74) is 1.12. The summed E-state index contributed by atoms with van der Waals surface area (Å²) in [5.74, 6) is -0.0755. The zero-order chi connectivity index (χ0) is 19.0. The number of amides is 1. The highest BCUT2D eigenvalue weighted by Gasteiger charge is 2.35. The molecule has 0 saturated carbocycles. The first-order valence-electron chi connectivity index (χ1n) is 8.29. The van der Waals surface area contributed by atoms with Crippen molar-refractivity contribution in [2.24, 2.45) is 0 Å². The van der Waals surface area contributed by atoms with Gasteiger partial charge in [0.1, 0.15) is 0 Å². The molecule has 1 aromatic heterocycles. The van der Waals surface area contributed by atoms with Crippen molar-refractivity contribution in [2.75, 3.05) is 18.6 Å². The highest BCUT2D eigenvalue weighted by Crippen LogP contribution is 2.34. The Bertz CT molecular complexity index is 1010. The van der Waals surface area contributed by atoms with E-state index in [4.69, 9.17) is 20.9 Å². The maximum Gasteiger partial charge on any atom is 0.232 e. The van der Waals surface area contributed by atoms with Crippen molar-refractivity contribution in [3.05, 3.63) is 59.2 Å². The van der Waals surface area contributed by atoms with E-state index in [1.54, 1.807) is 18.2 Å². The quantitative estimate of drug-likeness (QED) is 0.675. The number of anilines is 1. The molecule has 0 spiro atoms. The molecule has 4 rings (SSSR count). The van der Waals surface area contributed by atoms with Crippen molar-refractivity contribution in [2.45, 2.75) is 12.3 Å². The molecule has 1 aliphatic rings. The topological polar surface area (TPSA) is 68.5 Å². The monoisotopic (exact) mass is 387 g/mol. The van der Waals surface area contributed by atoms with Crippen molar-refractivity contribution in [1.82, 2.24) is 10.1 Å². The first-order chi connectivity index (χ1) is 13.1. The predicted octanol–water partition coefficient (Wildman–Crippen LogP) is 4.06. The smallest absolute Gasteiger partial charge is 0.232 e. The van der Waals surface area contributed by atoms with E-state index in [0.29, 0.717) is 34.5 Å². The first-order valence-corrected chi connectivity index (χ1v) is 8.67. The van der Waals surface area contributed by atoms with Gasteiger partial charge in [-0.2, -0.15) is 4.98 Å². The minimum absolute atomic E-state index is 0.128. The van der Waals surface area contributed by atoms with Crippen LogP contribution in [0.3, 0.4) is 0 Å². The fourth-order valence-electron chi connectivity index (χ4n) is 3.10. The van der Waals surface area contributed by atoms with E-state index in [1.807, 2.05) is 12.1 Å². The van der Waals surface area contributed by atoms with Gasteiger partial charge in [0.2, 0.25) is 17.6 Å². The SMILES string of the molecule is COc1ccc(N2CC(c3nc(-c4ccccc4Cl)no3)CC2=O)cc1F. The highest BCUT2D eigenvalue weighted by atomic mass is 35.5. The van der Waals surface area contributed by atoms with Crippen LogP contribution in [0.5, 0.6) is 5.75 Å². The largest absolute Gasteiger partial charge is 0.494 e. The predicted molar refractivity (Wildman–Crippen MR) is 97.4 cm³/mol. The van der Waals surface area contributed by atoms with Crippen LogP contribution >= 0.6 is 11.6 Å². The number of methoxy groups -OCH3 is 1. The molecular weight excluding hydrogens is 373 g/mol. The average Bonchev–Trinajstić information content (AvgIpc) is 3.29. The Hall–Kier alpha value is -2.93. The van der Waals surface area contributed by atoms with Gasteiger partial charge in [-0.25, -0.2) is 4.39 Å². The van der Waals surface area contributed by atoms with E-state index in [0.717, 1.165) is 0 Å². The summed E-state index contributed by atoms with van der Waals surface area (Å²) < 4.78 is 24.2. The molecule has 3 aromatic rings. The third-order valence-electron chi connectivity index (χ3n) is 4.48. The molecule has 1 unspecified atom stereocenters. The van der Waals surface area contributed by atoms with Crippen LogP contribution in [0.1, 0.15) is 18.2 Å². The lowest BCUT2D eigenvalue weighted by atomic mass is 10.1. The second kappa shape index (κ2) is 7.00. The lowest BCUT2D eigenvalue weighted by molar-refractivity contribution is -0.117. The van der Waals surface area contributed by atoms with Crippen LogP contribution in [0.4, 0.5) is 10.1 Å². The molecule has 0 bridgehead atoms. The maximum atomic E-state index is 14.0. The van der Waals surface area contributed by atoms with Gasteiger partial charge in [-0.15, -0.1) is 0 Å². The average molecular weight is 388 g/mol. The van der Waals surface area contributed by atoms with E-state index in [2.05, 4.69) is 10.1 Å². The molecule has 2 aromatic carbocycles. The van der Waals surface area contributed by atoms with Gasteiger partial charge >= 0.3 is 0 Å². The minimum atomic E-state index is -0.523. The third kappa shape index (κ3) is 3.26. The summed E-state index contributed by atoms with van der Waals surface area (Å²) in [6, 6.07) is 11.6. The van der Waals surface area contributed by atoms with Gasteiger partial charge in [-0.05, 0) is 24.3 Å². The summed E-state index contributed by atoms with van der Waals surface area (Å²) in [7, 11) is 1.39. The van der Waals surface area contributed by atoms with Crippen LogP contribution in [0.15, 0.2) is 47.0 Å². The second-order valence-electron chi connectivity index (χ2n) is 6.16. The highest BCUT2D eigenvalue weighted by molar-refractivity contribution is 6.33. The molecular formula is C19H15ClFN3O3. The summed E-state index contributed by atoms with van der Waals surface area (Å²) in [6.45, 7) is 0.328. The molecule has 2 heterocycles. The molecule has 1 fully saturated rings. The van der Waals surface area contributed by atoms with Gasteiger partial charge in [0, 0.05) is 30.3 Å². The van der Waals surface area contributed by atoms with E-state index < -0.39 is 5.82 Å². The zero-order valence-corrected chi connectivity index (χ0v) is 15.1. The van der Waals surface area contributed by atoms with Crippen molar-refractivity contribution in [1.29, 1.82) is 0 Å². The number of aromatic nitrogens is 2. The number of ether oxygens (including phenoxy) is 1. The molecule has 1 atom stereocenters. The van der Waals surface area contributed by atoms with Gasteiger partial charge < -0.3 is 14.2 Å². The Morgan fingerprint density at radius 2 is 2.11 bits per heavy atom. The van der Waals surface area contributed by atoms with E-state index in [-0.39, 0.29) is 24.0 Å². The number of rotatable bonds is 4. The zero-order valence-electron chi connectivity index (χ0n) is 14.4. The second-order valence-corrected chi connectivity index (χ2v) is 6.57. The molecule has 1 aliphatic heterocycles. The Kier molecular flexibility index (Phi) is 4.53. The molecule has 0 aliphatic carbocycles. The standard InChI is InChI=1S/C19H15ClFN3O3/c1-26-16-7-6-12(9-15(16)21)24-10-11(8-17(24)25)19-22-18(23-27-19)13-4-2-3-5-14(13)20/h2-7,9,11H,8,10H2,1H3. The fraction of sp³-hybridized carbons (Fsp3) is 0.211. The lowest BCUT2D eigenvalue weighted by Crippen LogP contribution is -2.24. The van der Waals surface area contributed by atoms with Crippen LogP contribution in [-0.4, -0.2) is 29.7 Å². The van der Waals surface area contributed by atoms with E-state index in [1.165, 1.54) is 24.1 Å². The molecule has 27 heavy (non-hydrogen) atoms. The van der Waals surface area contributed by atoms with Crippen LogP contribution in [-0.2, 0) is 4.79 Å². The minimum Gasteiger partial charge on any atom is -0.494 e. The van der Waals surface area contributed by atoms with Gasteiger partial charge in [0.15, 0.2) is 11.6 Å². The molecule has 0 N–H and O–H groups in total. The number of hydrogen-bond donors (Lipinski definition) is 0. The van der Waals surface area contributed by atoms with Crippen LogP contribution in [0.2, 0.25) is 5.02 Å². The Morgan fingerprint density at radius 3 is 2.85 bits per heavy atom. The summed E-state index contributed by atoms with van der Waals surface area (Å²) >= 11 is 6.16. The molecule has 1 amide bonds. The van der Waals surface area contributed by atoms with Gasteiger partial charge in [0.05, 0.1) is 18.1 Å². The number of benzene rings is 2. The number of halogens is 2. The molecule has 1 saturated heterocycles. The van der Waals surface area contributed by atoms with Crippen LogP contribution < -0.4 is 9.64 Å². The van der Waals surface area contributed by atoms with Crippen molar-refractivity contribution >= 4 is 23.2 Å². The number of hydrogen-bond acceptors (Lipinski definition) is 5. The van der Waals surface area contributed by atoms with Gasteiger partial charge in [0.25, 0.3) is 0 Å². The number of nitrogens with zero attached hydrogens (tertiary/aromatic N) is 3. The summed E-state index contributed by atoms with van der Waals surface area (Å²) in [4.78, 5) is 18.3. The fourth-order valence-corrected chi connectivity index (χ4v) is 3.32. The molecule has 6 nitrogen and oxygen atoms in total. The van der Waals surface area contributed by atoms with Crippen molar-refractivity contribution in [3.63, 3.8) is 0 Å². The van der Waals surface area contributed by atoms with Crippen molar-refractivity contribution < 1.29 is 18.4 Å². The van der Waals surface area contributed by atoms with Crippen LogP contribution in [0.25, 0.3) is 11.4 Å². The van der Waals surface area contributed by atoms with Crippen molar-refractivity contribution in [3.8, 4) is 17.1 Å². The Morgan fingerprint density at radius 1 is 1.30 bits per heavy atom. The maximum absolute atomic E-state index is 14.0. The molecule has 0 radical (unpaired) electrons. The lowest BCUT2D eigenvalue weighted by Gasteiger charge is -2.16. The van der Waals surface area contributed by atoms with E-state index in [9.17, 15) is 9.18 Å². The van der Waals surface area contributed by atoms with Gasteiger partial charge in [-0.1, -0.05) is 28.9 Å². The summed E-state index contributed by atoms with van der Waals surface area (Å²) in [5, 5.41) is 4.49. The molecule has 138 valence electrons. The first kappa shape index (κ1) is 17.5. The Balaban J connectivity index is 1.56.